The lowest BCUT2D eigenvalue weighted by Crippen LogP contribution is -2.23. The standard InChI is InChI=1S/C14H17BrN2O3S/c1-10-4-3-5-11(6-10)8-17-21(18,19)13-7-12(9-16-2)20-14(13)15/h3-7,16-17H,8-9H2,1-2H3. The SMILES string of the molecule is CNCc1cc(S(=O)(=O)NCc2cccc(C)c2)c(Br)o1. The van der Waals surface area contributed by atoms with Crippen LogP contribution in [0.2, 0.25) is 0 Å². The van der Waals surface area contributed by atoms with Crippen LogP contribution in [0.15, 0.2) is 44.3 Å². The largest absolute Gasteiger partial charge is 0.452 e. The van der Waals surface area contributed by atoms with E-state index in [0.29, 0.717) is 12.3 Å². The summed E-state index contributed by atoms with van der Waals surface area (Å²) in [5.74, 6) is 0.556. The van der Waals surface area contributed by atoms with Gasteiger partial charge in [0.15, 0.2) is 4.67 Å². The Kier molecular flexibility index (Phi) is 5.21. The van der Waals surface area contributed by atoms with E-state index in [-0.39, 0.29) is 16.1 Å². The van der Waals surface area contributed by atoms with Crippen molar-refractivity contribution in [3.05, 3.63) is 51.9 Å². The van der Waals surface area contributed by atoms with E-state index in [1.54, 1.807) is 7.05 Å². The molecule has 0 fully saturated rings. The van der Waals surface area contributed by atoms with Crippen molar-refractivity contribution in [2.24, 2.45) is 0 Å². The van der Waals surface area contributed by atoms with Crippen molar-refractivity contribution >= 4 is 26.0 Å². The Bertz CT molecular complexity index is 726. The molecule has 0 spiro atoms. The molecular formula is C14H17BrN2O3S. The van der Waals surface area contributed by atoms with Gasteiger partial charge in [0.25, 0.3) is 0 Å². The second-order valence-corrected chi connectivity index (χ2v) is 7.15. The minimum absolute atomic E-state index is 0.111. The Morgan fingerprint density at radius 3 is 2.67 bits per heavy atom. The fourth-order valence-corrected chi connectivity index (χ4v) is 3.93. The quantitative estimate of drug-likeness (QED) is 0.817. The molecule has 5 nitrogen and oxygen atoms in total. The Morgan fingerprint density at radius 2 is 2.00 bits per heavy atom. The third kappa shape index (κ3) is 4.16. The fraction of sp³-hybridized carbons (Fsp3) is 0.286. The van der Waals surface area contributed by atoms with Crippen LogP contribution < -0.4 is 10.0 Å². The summed E-state index contributed by atoms with van der Waals surface area (Å²) in [5, 5.41) is 2.91. The minimum atomic E-state index is -3.62. The molecule has 2 N–H and O–H groups in total. The summed E-state index contributed by atoms with van der Waals surface area (Å²) in [6.45, 7) is 2.67. The summed E-state index contributed by atoms with van der Waals surface area (Å²) in [6, 6.07) is 9.21. The average Bonchev–Trinajstić information content (AvgIpc) is 2.79. The van der Waals surface area contributed by atoms with E-state index in [9.17, 15) is 8.42 Å². The van der Waals surface area contributed by atoms with Crippen LogP contribution >= 0.6 is 15.9 Å². The first-order valence-corrected chi connectivity index (χ1v) is 8.68. The number of sulfonamides is 1. The van der Waals surface area contributed by atoms with Crippen molar-refractivity contribution in [3.8, 4) is 0 Å². The zero-order valence-electron chi connectivity index (χ0n) is 11.8. The number of halogens is 1. The van der Waals surface area contributed by atoms with E-state index in [1.807, 2.05) is 31.2 Å². The van der Waals surface area contributed by atoms with Gasteiger partial charge in [-0.25, -0.2) is 13.1 Å². The van der Waals surface area contributed by atoms with Crippen LogP contribution in [0.25, 0.3) is 0 Å². The molecule has 0 aliphatic rings. The number of furan rings is 1. The monoisotopic (exact) mass is 372 g/mol. The molecule has 0 unspecified atom stereocenters. The second-order valence-electron chi connectivity index (χ2n) is 4.69. The van der Waals surface area contributed by atoms with Gasteiger partial charge in [0, 0.05) is 12.6 Å². The topological polar surface area (TPSA) is 71.3 Å². The molecule has 2 aromatic rings. The van der Waals surface area contributed by atoms with Crippen molar-refractivity contribution in [2.75, 3.05) is 7.05 Å². The number of hydrogen-bond donors (Lipinski definition) is 2. The first-order valence-electron chi connectivity index (χ1n) is 6.40. The number of benzene rings is 1. The van der Waals surface area contributed by atoms with Crippen LogP contribution in [0.3, 0.4) is 0 Å². The van der Waals surface area contributed by atoms with Crippen molar-refractivity contribution < 1.29 is 12.8 Å². The van der Waals surface area contributed by atoms with E-state index in [4.69, 9.17) is 4.42 Å². The molecule has 2 rings (SSSR count). The first-order chi connectivity index (χ1) is 9.92. The van der Waals surface area contributed by atoms with Gasteiger partial charge in [0.1, 0.15) is 10.7 Å². The number of aryl methyl sites for hydroxylation is 1. The molecule has 114 valence electrons. The maximum absolute atomic E-state index is 12.3. The number of hydrogen-bond acceptors (Lipinski definition) is 4. The zero-order valence-corrected chi connectivity index (χ0v) is 14.2. The van der Waals surface area contributed by atoms with Crippen molar-refractivity contribution in [3.63, 3.8) is 0 Å². The summed E-state index contributed by atoms with van der Waals surface area (Å²) < 4.78 is 32.8. The van der Waals surface area contributed by atoms with Crippen LogP contribution in [-0.4, -0.2) is 15.5 Å². The highest BCUT2D eigenvalue weighted by atomic mass is 79.9. The van der Waals surface area contributed by atoms with Gasteiger partial charge in [-0.3, -0.25) is 0 Å². The molecule has 21 heavy (non-hydrogen) atoms. The normalized spacial score (nSPS) is 11.8. The van der Waals surface area contributed by atoms with Gasteiger partial charge < -0.3 is 9.73 Å². The number of nitrogens with one attached hydrogen (secondary N) is 2. The Hall–Kier alpha value is -1.15. The van der Waals surface area contributed by atoms with Gasteiger partial charge in [-0.15, -0.1) is 0 Å². The summed E-state index contributed by atoms with van der Waals surface area (Å²) in [5.41, 5.74) is 2.00. The van der Waals surface area contributed by atoms with E-state index in [0.717, 1.165) is 11.1 Å². The molecular weight excluding hydrogens is 356 g/mol. The van der Waals surface area contributed by atoms with E-state index in [1.165, 1.54) is 6.07 Å². The molecule has 0 aliphatic heterocycles. The van der Waals surface area contributed by atoms with Crippen molar-refractivity contribution in [1.29, 1.82) is 0 Å². The predicted octanol–water partition coefficient (Wildman–Crippen LogP) is 2.55. The Labute approximate surface area is 132 Å². The summed E-state index contributed by atoms with van der Waals surface area (Å²) in [6.07, 6.45) is 0. The minimum Gasteiger partial charge on any atom is -0.452 e. The van der Waals surface area contributed by atoms with Gasteiger partial charge in [0.2, 0.25) is 10.0 Å². The van der Waals surface area contributed by atoms with Crippen LogP contribution in [0.1, 0.15) is 16.9 Å². The number of rotatable bonds is 6. The molecule has 0 atom stereocenters. The summed E-state index contributed by atoms with van der Waals surface area (Å²) in [4.78, 5) is 0.111. The highest BCUT2D eigenvalue weighted by molar-refractivity contribution is 9.10. The maximum atomic E-state index is 12.3. The summed E-state index contributed by atoms with van der Waals surface area (Å²) in [7, 11) is -1.85. The maximum Gasteiger partial charge on any atom is 0.245 e. The Morgan fingerprint density at radius 1 is 1.24 bits per heavy atom. The highest BCUT2D eigenvalue weighted by Gasteiger charge is 2.22. The van der Waals surface area contributed by atoms with E-state index < -0.39 is 10.0 Å². The molecule has 0 amide bonds. The van der Waals surface area contributed by atoms with Gasteiger partial charge in [-0.1, -0.05) is 29.8 Å². The molecule has 0 bridgehead atoms. The molecule has 0 aliphatic carbocycles. The van der Waals surface area contributed by atoms with Gasteiger partial charge >= 0.3 is 0 Å². The lowest BCUT2D eigenvalue weighted by atomic mass is 10.1. The highest BCUT2D eigenvalue weighted by Crippen LogP contribution is 2.26. The zero-order chi connectivity index (χ0) is 15.5. The van der Waals surface area contributed by atoms with E-state index in [2.05, 4.69) is 26.0 Å². The Balaban J connectivity index is 2.15. The molecule has 0 saturated heterocycles. The van der Waals surface area contributed by atoms with Crippen LogP contribution in [0, 0.1) is 6.92 Å². The molecule has 7 heteroatoms. The van der Waals surface area contributed by atoms with Crippen molar-refractivity contribution in [2.45, 2.75) is 24.9 Å². The summed E-state index contributed by atoms with van der Waals surface area (Å²) >= 11 is 3.15. The van der Waals surface area contributed by atoms with E-state index >= 15 is 0 Å². The predicted molar refractivity (Wildman–Crippen MR) is 84.4 cm³/mol. The molecule has 1 heterocycles. The van der Waals surface area contributed by atoms with Gasteiger partial charge in [0.05, 0.1) is 6.54 Å². The van der Waals surface area contributed by atoms with Gasteiger partial charge in [-0.2, -0.15) is 0 Å². The molecule has 1 aromatic carbocycles. The molecule has 0 saturated carbocycles. The molecule has 0 radical (unpaired) electrons. The lowest BCUT2D eigenvalue weighted by molar-refractivity contribution is 0.470. The molecule has 1 aromatic heterocycles. The first kappa shape index (κ1) is 16.2. The van der Waals surface area contributed by atoms with Crippen molar-refractivity contribution in [1.82, 2.24) is 10.0 Å². The third-order valence-electron chi connectivity index (χ3n) is 2.90. The van der Waals surface area contributed by atoms with Gasteiger partial charge in [-0.05, 0) is 35.5 Å². The average molecular weight is 373 g/mol. The van der Waals surface area contributed by atoms with Crippen LogP contribution in [0.4, 0.5) is 0 Å². The fourth-order valence-electron chi connectivity index (χ4n) is 1.92. The van der Waals surface area contributed by atoms with Crippen LogP contribution in [-0.2, 0) is 23.1 Å². The second kappa shape index (κ2) is 6.74. The lowest BCUT2D eigenvalue weighted by Gasteiger charge is -2.06. The smallest absolute Gasteiger partial charge is 0.245 e. The van der Waals surface area contributed by atoms with Crippen LogP contribution in [0.5, 0.6) is 0 Å². The third-order valence-corrected chi connectivity index (χ3v) is 5.15.